The summed E-state index contributed by atoms with van der Waals surface area (Å²) in [5.74, 6) is -4.20. The van der Waals surface area contributed by atoms with Gasteiger partial charge in [0.2, 0.25) is 0 Å². The number of aliphatic carboxylic acids is 3. The molecule has 2 aliphatic rings. The Labute approximate surface area is 174 Å². The zero-order valence-electron chi connectivity index (χ0n) is 16.5. The number of carboxylic acids is 3. The molecule has 0 amide bonds. The Balaban J connectivity index is 0.000000423. The maximum Gasteiger partial charge on any atom is 0.490 e. The van der Waals surface area contributed by atoms with E-state index in [1.807, 2.05) is 24.0 Å². The number of aliphatic hydroxyl groups is 1. The van der Waals surface area contributed by atoms with Crippen LogP contribution < -0.4 is 4.74 Å². The molecule has 1 aromatic rings. The number of carboxylic acid groups (broad SMARTS) is 3. The fourth-order valence-corrected chi connectivity index (χ4v) is 3.92. The van der Waals surface area contributed by atoms with Crippen LogP contribution in [0.3, 0.4) is 0 Å². The van der Waals surface area contributed by atoms with Crippen LogP contribution in [0, 0.1) is 10.8 Å². The standard InChI is InChI=1S/C17H21NO6.C2HF3O2/c1-2-24-13-4-3-11(5-12(13)7-19)6-18-9-16(14(20)21)8-17(16,10-18)15(22)23;3-2(4,5)1(6)7/h3-5,19H,2,6-10H2,1H3,(H,20,21)(H,22,23);(H,6,7)/t16-,17+;. The number of aliphatic hydroxyl groups excluding tert-OH is 1. The van der Waals surface area contributed by atoms with Gasteiger partial charge in [-0.15, -0.1) is 0 Å². The van der Waals surface area contributed by atoms with E-state index in [1.54, 1.807) is 6.07 Å². The number of hydrogen-bond donors (Lipinski definition) is 4. The number of hydrogen-bond acceptors (Lipinski definition) is 6. The first-order chi connectivity index (χ1) is 14.3. The van der Waals surface area contributed by atoms with Gasteiger partial charge in [-0.1, -0.05) is 6.07 Å². The monoisotopic (exact) mass is 449 g/mol. The minimum atomic E-state index is -5.08. The molecule has 1 saturated carbocycles. The second kappa shape index (κ2) is 8.71. The summed E-state index contributed by atoms with van der Waals surface area (Å²) in [6.07, 6.45) is -4.88. The molecule has 0 bridgehead atoms. The predicted molar refractivity (Wildman–Crippen MR) is 97.3 cm³/mol. The van der Waals surface area contributed by atoms with Crippen molar-refractivity contribution in [2.75, 3.05) is 19.7 Å². The quantitative estimate of drug-likeness (QED) is 0.487. The third-order valence-corrected chi connectivity index (χ3v) is 5.44. The molecule has 9 nitrogen and oxygen atoms in total. The van der Waals surface area contributed by atoms with Gasteiger partial charge in [0.25, 0.3) is 0 Å². The molecule has 1 saturated heterocycles. The summed E-state index contributed by atoms with van der Waals surface area (Å²) in [6, 6.07) is 5.45. The minimum Gasteiger partial charge on any atom is -0.494 e. The van der Waals surface area contributed by atoms with Crippen molar-refractivity contribution >= 4 is 17.9 Å². The molecule has 2 atom stereocenters. The van der Waals surface area contributed by atoms with Crippen molar-refractivity contribution in [3.63, 3.8) is 0 Å². The Hall–Kier alpha value is -2.86. The summed E-state index contributed by atoms with van der Waals surface area (Å²) in [5, 5.41) is 35.5. The van der Waals surface area contributed by atoms with Crippen LogP contribution in [0.2, 0.25) is 0 Å². The van der Waals surface area contributed by atoms with Gasteiger partial charge < -0.3 is 25.2 Å². The van der Waals surface area contributed by atoms with E-state index in [9.17, 15) is 38.1 Å². The molecule has 0 spiro atoms. The third-order valence-electron chi connectivity index (χ3n) is 5.44. The molecule has 0 radical (unpaired) electrons. The van der Waals surface area contributed by atoms with E-state index in [0.717, 1.165) is 5.56 Å². The van der Waals surface area contributed by atoms with Gasteiger partial charge in [0.05, 0.1) is 24.0 Å². The molecule has 1 heterocycles. The maximum atomic E-state index is 11.6. The smallest absolute Gasteiger partial charge is 0.490 e. The number of ether oxygens (including phenoxy) is 1. The number of likely N-dealkylation sites (tertiary alicyclic amines) is 1. The lowest BCUT2D eigenvalue weighted by Gasteiger charge is -2.20. The van der Waals surface area contributed by atoms with E-state index in [-0.39, 0.29) is 26.1 Å². The van der Waals surface area contributed by atoms with Crippen LogP contribution >= 0.6 is 0 Å². The number of alkyl halides is 3. The Morgan fingerprint density at radius 1 is 1.10 bits per heavy atom. The van der Waals surface area contributed by atoms with Crippen molar-refractivity contribution in [2.45, 2.75) is 32.7 Å². The van der Waals surface area contributed by atoms with Gasteiger partial charge in [0.1, 0.15) is 5.75 Å². The number of piperidine rings is 1. The van der Waals surface area contributed by atoms with E-state index in [2.05, 4.69) is 0 Å². The van der Waals surface area contributed by atoms with Crippen molar-refractivity contribution < 1.29 is 52.7 Å². The molecule has 172 valence electrons. The number of carbonyl (C=O) groups is 3. The summed E-state index contributed by atoms with van der Waals surface area (Å²) in [5.41, 5.74) is -0.766. The van der Waals surface area contributed by atoms with E-state index in [0.29, 0.717) is 24.5 Å². The Morgan fingerprint density at radius 2 is 1.61 bits per heavy atom. The van der Waals surface area contributed by atoms with Crippen molar-refractivity contribution in [3.8, 4) is 5.75 Å². The van der Waals surface area contributed by atoms with Gasteiger partial charge in [-0.2, -0.15) is 13.2 Å². The molecule has 3 rings (SSSR count). The lowest BCUT2D eigenvalue weighted by Crippen LogP contribution is -2.28. The molecule has 1 aliphatic heterocycles. The van der Waals surface area contributed by atoms with Crippen LogP contribution in [-0.4, -0.2) is 69.1 Å². The number of nitrogens with zero attached hydrogens (tertiary/aromatic N) is 1. The fraction of sp³-hybridized carbons (Fsp3) is 0.526. The first kappa shape index (κ1) is 24.4. The van der Waals surface area contributed by atoms with Gasteiger partial charge in [-0.25, -0.2) is 4.79 Å². The summed E-state index contributed by atoms with van der Waals surface area (Å²) < 4.78 is 37.2. The molecule has 0 unspecified atom stereocenters. The molecule has 31 heavy (non-hydrogen) atoms. The number of halogens is 3. The zero-order valence-corrected chi connectivity index (χ0v) is 16.5. The Bertz CT molecular complexity index is 846. The summed E-state index contributed by atoms with van der Waals surface area (Å²) in [7, 11) is 0. The molecule has 4 N–H and O–H groups in total. The Kier molecular flexibility index (Phi) is 6.86. The van der Waals surface area contributed by atoms with Crippen molar-refractivity contribution in [1.82, 2.24) is 4.90 Å². The highest BCUT2D eigenvalue weighted by Gasteiger charge is 2.80. The lowest BCUT2D eigenvalue weighted by atomic mass is 9.97. The normalized spacial score (nSPS) is 24.5. The SMILES string of the molecule is CCOc1ccc(CN2C[C@@]3(C(=O)O)C[C@@]3(C(=O)O)C2)cc1CO.O=C(O)C(F)(F)F. The van der Waals surface area contributed by atoms with E-state index in [4.69, 9.17) is 14.6 Å². The van der Waals surface area contributed by atoms with E-state index >= 15 is 0 Å². The highest BCUT2D eigenvalue weighted by atomic mass is 19.4. The van der Waals surface area contributed by atoms with Gasteiger partial charge in [-0.3, -0.25) is 14.5 Å². The number of rotatable bonds is 7. The second-order valence-corrected chi connectivity index (χ2v) is 7.43. The predicted octanol–water partition coefficient (Wildman–Crippen LogP) is 1.57. The largest absolute Gasteiger partial charge is 0.494 e. The highest BCUT2D eigenvalue weighted by molar-refractivity contribution is 5.94. The summed E-state index contributed by atoms with van der Waals surface area (Å²) in [6.45, 7) is 3.13. The zero-order chi connectivity index (χ0) is 23.6. The van der Waals surface area contributed by atoms with Gasteiger partial charge in [-0.05, 0) is 31.0 Å². The van der Waals surface area contributed by atoms with Gasteiger partial charge in [0.15, 0.2) is 0 Å². The molecule has 2 fully saturated rings. The molecule has 1 aliphatic carbocycles. The summed E-state index contributed by atoms with van der Waals surface area (Å²) in [4.78, 5) is 33.9. The van der Waals surface area contributed by atoms with Crippen LogP contribution in [0.15, 0.2) is 18.2 Å². The first-order valence-electron chi connectivity index (χ1n) is 9.17. The number of fused-ring (bicyclic) bond motifs is 1. The lowest BCUT2D eigenvalue weighted by molar-refractivity contribution is -0.192. The molecular formula is C19H22F3NO8. The fourth-order valence-electron chi connectivity index (χ4n) is 3.92. The minimum absolute atomic E-state index is 0.151. The number of benzene rings is 1. The molecule has 12 heteroatoms. The molecular weight excluding hydrogens is 427 g/mol. The highest BCUT2D eigenvalue weighted by Crippen LogP contribution is 2.68. The Morgan fingerprint density at radius 3 is 2.00 bits per heavy atom. The maximum absolute atomic E-state index is 11.6. The topological polar surface area (TPSA) is 145 Å². The van der Waals surface area contributed by atoms with Crippen LogP contribution in [0.5, 0.6) is 5.75 Å². The first-order valence-corrected chi connectivity index (χ1v) is 9.17. The molecule has 0 aromatic heterocycles. The average Bonchev–Trinajstić information content (AvgIpc) is 3.22. The van der Waals surface area contributed by atoms with Crippen LogP contribution in [0.25, 0.3) is 0 Å². The second-order valence-electron chi connectivity index (χ2n) is 7.43. The van der Waals surface area contributed by atoms with Crippen LogP contribution in [0.4, 0.5) is 13.2 Å². The van der Waals surface area contributed by atoms with E-state index < -0.39 is 34.9 Å². The van der Waals surface area contributed by atoms with Crippen LogP contribution in [-0.2, 0) is 27.5 Å². The van der Waals surface area contributed by atoms with Crippen molar-refractivity contribution in [3.05, 3.63) is 29.3 Å². The third kappa shape index (κ3) is 4.74. The average molecular weight is 449 g/mol. The molecule has 1 aromatic carbocycles. The van der Waals surface area contributed by atoms with Gasteiger partial charge >= 0.3 is 24.1 Å². The van der Waals surface area contributed by atoms with Gasteiger partial charge in [0, 0.05) is 25.2 Å². The summed E-state index contributed by atoms with van der Waals surface area (Å²) >= 11 is 0. The van der Waals surface area contributed by atoms with Crippen molar-refractivity contribution in [1.29, 1.82) is 0 Å². The van der Waals surface area contributed by atoms with E-state index in [1.165, 1.54) is 0 Å². The van der Waals surface area contributed by atoms with Crippen molar-refractivity contribution in [2.24, 2.45) is 10.8 Å². The van der Waals surface area contributed by atoms with Crippen LogP contribution in [0.1, 0.15) is 24.5 Å².